The quantitative estimate of drug-likeness (QED) is 0.914. The summed E-state index contributed by atoms with van der Waals surface area (Å²) in [6.45, 7) is 5.11. The Kier molecular flexibility index (Phi) is 5.05. The van der Waals surface area contributed by atoms with E-state index in [0.717, 1.165) is 34.4 Å². The minimum Gasteiger partial charge on any atom is -0.305 e. The maximum atomic E-state index is 4.49. The number of halogens is 1. The minimum atomic E-state index is 0.0983. The lowest BCUT2D eigenvalue weighted by Gasteiger charge is -2.18. The molecule has 0 aliphatic rings. The van der Waals surface area contributed by atoms with E-state index in [-0.39, 0.29) is 6.04 Å². The average molecular weight is 320 g/mol. The molecule has 1 unspecified atom stereocenters. The van der Waals surface area contributed by atoms with Crippen molar-refractivity contribution in [1.82, 2.24) is 15.3 Å². The van der Waals surface area contributed by atoms with Crippen molar-refractivity contribution in [3.8, 4) is 0 Å². The maximum absolute atomic E-state index is 4.49. The second-order valence-corrected chi connectivity index (χ2v) is 5.44. The highest BCUT2D eigenvalue weighted by atomic mass is 79.9. The molecule has 1 N–H and O–H groups in total. The van der Waals surface area contributed by atoms with Crippen LogP contribution in [0, 0.1) is 6.92 Å². The molecule has 0 aromatic carbocycles. The molecule has 0 radical (unpaired) electrons. The molecule has 0 aliphatic carbocycles. The first-order chi connectivity index (χ1) is 9.20. The van der Waals surface area contributed by atoms with Crippen LogP contribution in [-0.2, 0) is 0 Å². The molecule has 0 amide bonds. The number of hydrogen-bond donors (Lipinski definition) is 1. The van der Waals surface area contributed by atoms with Crippen LogP contribution in [0.3, 0.4) is 0 Å². The van der Waals surface area contributed by atoms with Crippen LogP contribution in [0.1, 0.15) is 36.3 Å². The van der Waals surface area contributed by atoms with Gasteiger partial charge in [0, 0.05) is 22.6 Å². The molecule has 0 saturated carbocycles. The van der Waals surface area contributed by atoms with Gasteiger partial charge in [-0.05, 0) is 59.6 Å². The van der Waals surface area contributed by atoms with E-state index in [4.69, 9.17) is 0 Å². The summed E-state index contributed by atoms with van der Waals surface area (Å²) in [5.41, 5.74) is 3.19. The number of pyridine rings is 2. The lowest BCUT2D eigenvalue weighted by molar-refractivity contribution is 0.584. The Bertz CT molecular complexity index is 462. The topological polar surface area (TPSA) is 37.8 Å². The van der Waals surface area contributed by atoms with Gasteiger partial charge >= 0.3 is 0 Å². The standard InChI is InChI=1S/C15H18BrN3/c1-3-8-17-15(12-5-4-11(2)18-9-12)14-7-6-13(16)10-19-14/h4-7,9-10,15,17H,3,8H2,1-2H3. The highest BCUT2D eigenvalue weighted by Gasteiger charge is 2.14. The van der Waals surface area contributed by atoms with Gasteiger partial charge in [-0.2, -0.15) is 0 Å². The molecular weight excluding hydrogens is 302 g/mol. The summed E-state index contributed by atoms with van der Waals surface area (Å²) in [4.78, 5) is 8.87. The minimum absolute atomic E-state index is 0.0983. The third-order valence-electron chi connectivity index (χ3n) is 2.91. The van der Waals surface area contributed by atoms with Crippen molar-refractivity contribution in [3.63, 3.8) is 0 Å². The second-order valence-electron chi connectivity index (χ2n) is 4.52. The van der Waals surface area contributed by atoms with Gasteiger partial charge in [-0.25, -0.2) is 0 Å². The summed E-state index contributed by atoms with van der Waals surface area (Å²) in [6.07, 6.45) is 4.84. The van der Waals surface area contributed by atoms with Crippen molar-refractivity contribution in [2.24, 2.45) is 0 Å². The van der Waals surface area contributed by atoms with Crippen LogP contribution < -0.4 is 5.32 Å². The van der Waals surface area contributed by atoms with Gasteiger partial charge in [0.25, 0.3) is 0 Å². The summed E-state index contributed by atoms with van der Waals surface area (Å²) in [7, 11) is 0. The Morgan fingerprint density at radius 2 is 2.00 bits per heavy atom. The third kappa shape index (κ3) is 3.85. The molecule has 0 fully saturated rings. The van der Waals surface area contributed by atoms with E-state index in [1.807, 2.05) is 37.5 Å². The number of hydrogen-bond acceptors (Lipinski definition) is 3. The van der Waals surface area contributed by atoms with Crippen LogP contribution >= 0.6 is 15.9 Å². The Hall–Kier alpha value is -1.26. The fourth-order valence-corrected chi connectivity index (χ4v) is 2.12. The van der Waals surface area contributed by atoms with Gasteiger partial charge in [0.2, 0.25) is 0 Å². The van der Waals surface area contributed by atoms with Crippen LogP contribution in [0.2, 0.25) is 0 Å². The molecule has 0 saturated heterocycles. The van der Waals surface area contributed by atoms with E-state index in [1.165, 1.54) is 0 Å². The second kappa shape index (κ2) is 6.78. The zero-order valence-electron chi connectivity index (χ0n) is 11.2. The van der Waals surface area contributed by atoms with Gasteiger partial charge in [0.1, 0.15) is 0 Å². The molecule has 19 heavy (non-hydrogen) atoms. The van der Waals surface area contributed by atoms with E-state index < -0.39 is 0 Å². The number of nitrogens with one attached hydrogen (secondary N) is 1. The molecule has 2 aromatic heterocycles. The lowest BCUT2D eigenvalue weighted by atomic mass is 10.0. The van der Waals surface area contributed by atoms with Crippen LogP contribution in [0.5, 0.6) is 0 Å². The van der Waals surface area contributed by atoms with Crippen LogP contribution in [-0.4, -0.2) is 16.5 Å². The number of nitrogens with zero attached hydrogens (tertiary/aromatic N) is 2. The monoisotopic (exact) mass is 319 g/mol. The van der Waals surface area contributed by atoms with E-state index >= 15 is 0 Å². The molecule has 2 aromatic rings. The van der Waals surface area contributed by atoms with Crippen LogP contribution in [0.4, 0.5) is 0 Å². The van der Waals surface area contributed by atoms with Crippen molar-refractivity contribution >= 4 is 15.9 Å². The zero-order valence-corrected chi connectivity index (χ0v) is 12.8. The van der Waals surface area contributed by atoms with Crippen molar-refractivity contribution in [2.45, 2.75) is 26.3 Å². The van der Waals surface area contributed by atoms with E-state index in [0.29, 0.717) is 0 Å². The molecule has 1 atom stereocenters. The van der Waals surface area contributed by atoms with Gasteiger partial charge in [-0.3, -0.25) is 9.97 Å². The first kappa shape index (κ1) is 14.2. The third-order valence-corrected chi connectivity index (χ3v) is 3.38. The van der Waals surface area contributed by atoms with Gasteiger partial charge in [0.15, 0.2) is 0 Å². The number of aromatic nitrogens is 2. The van der Waals surface area contributed by atoms with Gasteiger partial charge < -0.3 is 5.32 Å². The first-order valence-electron chi connectivity index (χ1n) is 6.48. The molecule has 100 valence electrons. The van der Waals surface area contributed by atoms with Crippen LogP contribution in [0.15, 0.2) is 41.1 Å². The predicted molar refractivity (Wildman–Crippen MR) is 81.0 cm³/mol. The summed E-state index contributed by atoms with van der Waals surface area (Å²) >= 11 is 3.42. The Balaban J connectivity index is 2.29. The van der Waals surface area contributed by atoms with Gasteiger partial charge in [0.05, 0.1) is 11.7 Å². The summed E-state index contributed by atoms with van der Waals surface area (Å²) in [5, 5.41) is 3.52. The molecular formula is C15H18BrN3. The smallest absolute Gasteiger partial charge is 0.0766 e. The molecule has 0 bridgehead atoms. The molecule has 3 nitrogen and oxygen atoms in total. The van der Waals surface area contributed by atoms with E-state index in [1.54, 1.807) is 0 Å². The molecule has 0 aliphatic heterocycles. The number of rotatable bonds is 5. The van der Waals surface area contributed by atoms with Crippen molar-refractivity contribution < 1.29 is 0 Å². The normalized spacial score (nSPS) is 12.4. The molecule has 2 rings (SSSR count). The molecule has 4 heteroatoms. The van der Waals surface area contributed by atoms with Gasteiger partial charge in [-0.1, -0.05) is 13.0 Å². The van der Waals surface area contributed by atoms with Crippen molar-refractivity contribution in [2.75, 3.05) is 6.54 Å². The Morgan fingerprint density at radius 1 is 1.16 bits per heavy atom. The summed E-state index contributed by atoms with van der Waals surface area (Å²) in [6, 6.07) is 8.30. The van der Waals surface area contributed by atoms with E-state index in [2.05, 4.69) is 44.2 Å². The molecule has 2 heterocycles. The summed E-state index contributed by atoms with van der Waals surface area (Å²) < 4.78 is 0.993. The largest absolute Gasteiger partial charge is 0.305 e. The SMILES string of the molecule is CCCNC(c1ccc(C)nc1)c1ccc(Br)cn1. The Labute approximate surface area is 122 Å². The first-order valence-corrected chi connectivity index (χ1v) is 7.27. The fourth-order valence-electron chi connectivity index (χ4n) is 1.89. The average Bonchev–Trinajstić information content (AvgIpc) is 2.43. The maximum Gasteiger partial charge on any atom is 0.0766 e. The highest BCUT2D eigenvalue weighted by molar-refractivity contribution is 9.10. The number of aryl methyl sites for hydroxylation is 1. The van der Waals surface area contributed by atoms with Crippen molar-refractivity contribution in [3.05, 3.63) is 58.1 Å². The lowest BCUT2D eigenvalue weighted by Crippen LogP contribution is -2.24. The van der Waals surface area contributed by atoms with Crippen molar-refractivity contribution in [1.29, 1.82) is 0 Å². The highest BCUT2D eigenvalue weighted by Crippen LogP contribution is 2.21. The Morgan fingerprint density at radius 3 is 2.58 bits per heavy atom. The van der Waals surface area contributed by atoms with Gasteiger partial charge in [-0.15, -0.1) is 0 Å². The summed E-state index contributed by atoms with van der Waals surface area (Å²) in [5.74, 6) is 0. The fraction of sp³-hybridized carbons (Fsp3) is 0.333. The zero-order chi connectivity index (χ0) is 13.7. The van der Waals surface area contributed by atoms with E-state index in [9.17, 15) is 0 Å². The van der Waals surface area contributed by atoms with Crippen LogP contribution in [0.25, 0.3) is 0 Å². The molecule has 0 spiro atoms. The predicted octanol–water partition coefficient (Wildman–Crippen LogP) is 3.64.